The minimum atomic E-state index is -0.105. The van der Waals surface area contributed by atoms with Gasteiger partial charge in [-0.15, -0.1) is 10.9 Å². The van der Waals surface area contributed by atoms with Crippen molar-refractivity contribution in [2.24, 2.45) is 0 Å². The van der Waals surface area contributed by atoms with Crippen molar-refractivity contribution in [3.8, 4) is 11.3 Å². The Hall–Kier alpha value is -2.64. The van der Waals surface area contributed by atoms with E-state index in [0.29, 0.717) is 30.3 Å². The molecular weight excluding hydrogens is 686 g/mol. The summed E-state index contributed by atoms with van der Waals surface area (Å²) in [6.45, 7) is 10.7. The van der Waals surface area contributed by atoms with Crippen molar-refractivity contribution in [2.75, 3.05) is 11.9 Å². The maximum Gasteiger partial charge on any atom is 2.00 e. The number of aromatic nitrogens is 4. The average Bonchev–Trinajstić information content (AvgIpc) is 3.44. The van der Waals surface area contributed by atoms with E-state index in [0.717, 1.165) is 38.5 Å². The molecule has 0 saturated heterocycles. The second kappa shape index (κ2) is 12.4. The summed E-state index contributed by atoms with van der Waals surface area (Å²) in [6.07, 6.45) is 5.77. The van der Waals surface area contributed by atoms with Crippen LogP contribution in [0.15, 0.2) is 48.9 Å². The van der Waals surface area contributed by atoms with Gasteiger partial charge >= 0.3 is 31.1 Å². The molecular formula is C25H26N6O2SU. The quantitative estimate of drug-likeness (QED) is 0.228. The second-order valence-electron chi connectivity index (χ2n) is 7.74. The Kier molecular flexibility index (Phi) is 9.52. The zero-order valence-corrected chi connectivity index (χ0v) is 24.4. The number of hydrogen-bond donors (Lipinski definition) is 3. The van der Waals surface area contributed by atoms with Crippen LogP contribution in [-0.4, -0.2) is 37.4 Å². The van der Waals surface area contributed by atoms with E-state index < -0.39 is 0 Å². The molecule has 3 aromatic heterocycles. The fraction of sp³-hybridized carbons (Fsp3) is 0.200. The van der Waals surface area contributed by atoms with E-state index in [1.54, 1.807) is 23.3 Å². The summed E-state index contributed by atoms with van der Waals surface area (Å²) >= 11 is 1.44. The topological polar surface area (TPSA) is 105 Å². The zero-order valence-electron chi connectivity index (χ0n) is 19.4. The van der Waals surface area contributed by atoms with Crippen molar-refractivity contribution in [2.45, 2.75) is 26.4 Å². The van der Waals surface area contributed by atoms with Crippen LogP contribution in [-0.2, 0) is 19.5 Å². The number of benzene rings is 1. The molecule has 0 fully saturated rings. The predicted molar refractivity (Wildman–Crippen MR) is 134 cm³/mol. The van der Waals surface area contributed by atoms with Gasteiger partial charge in [-0.25, -0.2) is 21.3 Å². The largest absolute Gasteiger partial charge is 2.00 e. The number of carbonyl (C=O) groups is 1. The minimum Gasteiger partial charge on any atom is -0.394 e. The summed E-state index contributed by atoms with van der Waals surface area (Å²) in [5, 5.41) is 19.3. The number of amides is 1. The molecule has 1 amide bonds. The number of carbonyl (C=O) groups excluding carboxylic acids is 1. The van der Waals surface area contributed by atoms with Crippen LogP contribution in [0.2, 0.25) is 0 Å². The van der Waals surface area contributed by atoms with E-state index in [2.05, 4.69) is 39.5 Å². The van der Waals surface area contributed by atoms with Gasteiger partial charge in [-0.2, -0.15) is 24.0 Å². The Morgan fingerprint density at radius 1 is 1.26 bits per heavy atom. The number of aryl methyl sites for hydroxylation is 1. The van der Waals surface area contributed by atoms with Gasteiger partial charge in [-0.1, -0.05) is 12.1 Å². The summed E-state index contributed by atoms with van der Waals surface area (Å²) in [4.78, 5) is 23.1. The van der Waals surface area contributed by atoms with Crippen molar-refractivity contribution >= 4 is 28.9 Å². The third-order valence-electron chi connectivity index (χ3n) is 5.30. The first-order chi connectivity index (χ1) is 16.5. The molecule has 1 aromatic carbocycles. The molecule has 0 atom stereocenters. The molecule has 8 nitrogen and oxygen atoms in total. The van der Waals surface area contributed by atoms with Gasteiger partial charge in [0.25, 0.3) is 0 Å². The van der Waals surface area contributed by atoms with Gasteiger partial charge in [-0.05, 0) is 30.2 Å². The van der Waals surface area contributed by atoms with Crippen LogP contribution >= 0.6 is 11.3 Å². The molecule has 4 rings (SSSR count). The van der Waals surface area contributed by atoms with Crippen molar-refractivity contribution in [3.63, 3.8) is 0 Å². The predicted octanol–water partition coefficient (Wildman–Crippen LogP) is 3.93. The minimum absolute atomic E-state index is 0. The molecule has 3 N–H and O–H groups in total. The van der Waals surface area contributed by atoms with Crippen molar-refractivity contribution in [3.05, 3.63) is 89.2 Å². The summed E-state index contributed by atoms with van der Waals surface area (Å²) < 4.78 is 1.64. The summed E-state index contributed by atoms with van der Waals surface area (Å²) in [5.41, 5.74) is 5.42. The number of rotatable bonds is 9. The molecule has 0 radical (unpaired) electrons. The summed E-state index contributed by atoms with van der Waals surface area (Å²) in [5.74, 6) is 0.351. The molecule has 0 unspecified atom stereocenters. The van der Waals surface area contributed by atoms with E-state index in [9.17, 15) is 4.79 Å². The average molecular weight is 713 g/mol. The van der Waals surface area contributed by atoms with Crippen LogP contribution in [0.5, 0.6) is 0 Å². The van der Waals surface area contributed by atoms with Crippen molar-refractivity contribution in [1.82, 2.24) is 25.1 Å². The van der Waals surface area contributed by atoms with E-state index in [1.165, 1.54) is 11.3 Å². The third kappa shape index (κ3) is 6.73. The summed E-state index contributed by atoms with van der Waals surface area (Å²) in [6, 6.07) is 9.70. The fourth-order valence-electron chi connectivity index (χ4n) is 3.47. The van der Waals surface area contributed by atoms with Crippen molar-refractivity contribution < 1.29 is 41.0 Å². The zero-order chi connectivity index (χ0) is 24.1. The molecule has 4 aromatic rings. The molecule has 0 saturated carbocycles. The Morgan fingerprint density at radius 2 is 2.09 bits per heavy atom. The first-order valence-corrected chi connectivity index (χ1v) is 11.6. The first kappa shape index (κ1) is 27.0. The van der Waals surface area contributed by atoms with E-state index in [1.807, 2.05) is 37.3 Å². The number of thiophene rings is 1. The number of nitrogens with one attached hydrogen (secondary N) is 2. The number of hydrogen-bond acceptors (Lipinski definition) is 7. The molecule has 10 heteroatoms. The van der Waals surface area contributed by atoms with Crippen LogP contribution in [0, 0.1) is 51.9 Å². The number of anilines is 2. The number of nitrogens with zero attached hydrogens (tertiary/aromatic N) is 4. The van der Waals surface area contributed by atoms with Gasteiger partial charge < -0.3 is 22.7 Å². The van der Waals surface area contributed by atoms with Gasteiger partial charge in [0.2, 0.25) is 11.9 Å². The Morgan fingerprint density at radius 3 is 2.80 bits per heavy atom. The van der Waals surface area contributed by atoms with Gasteiger partial charge in [0.1, 0.15) is 0 Å². The molecule has 35 heavy (non-hydrogen) atoms. The standard InChI is InChI=1S/C25H26N6O2S.U/c1-4-22-17(3)12-23(34-22)24(33)27-13-19-6-5-18(11-16(19)2)21-7-8-26-25(30-21)29-20-14-28-31(15-20)9-10-32;/h5-8,11-12,14-15,32H,1,3-4,9-10,13H2,2H3,(H,27,33)(H,26,29,30);/q-2;+2. The van der Waals surface area contributed by atoms with E-state index in [-0.39, 0.29) is 43.6 Å². The normalized spacial score (nSPS) is 10.6. The smallest absolute Gasteiger partial charge is 0.394 e. The molecule has 178 valence electrons. The van der Waals surface area contributed by atoms with E-state index >= 15 is 0 Å². The Labute approximate surface area is 232 Å². The molecule has 0 spiro atoms. The third-order valence-corrected chi connectivity index (χ3v) is 6.54. The van der Waals surface area contributed by atoms with Gasteiger partial charge in [0.05, 0.1) is 30.7 Å². The second-order valence-corrected chi connectivity index (χ2v) is 8.88. The van der Waals surface area contributed by atoms with Crippen LogP contribution in [0.1, 0.15) is 31.2 Å². The maximum atomic E-state index is 12.5. The molecule has 0 aliphatic heterocycles. The molecule has 0 aliphatic rings. The van der Waals surface area contributed by atoms with Crippen LogP contribution in [0.3, 0.4) is 0 Å². The Bertz CT molecular complexity index is 1300. The monoisotopic (exact) mass is 712 g/mol. The maximum absolute atomic E-state index is 12.5. The van der Waals surface area contributed by atoms with Crippen LogP contribution in [0.25, 0.3) is 11.3 Å². The summed E-state index contributed by atoms with van der Waals surface area (Å²) in [7, 11) is 0. The number of aliphatic hydroxyl groups excluding tert-OH is 1. The first-order valence-electron chi connectivity index (χ1n) is 10.8. The van der Waals surface area contributed by atoms with Gasteiger partial charge in [0.15, 0.2) is 0 Å². The van der Waals surface area contributed by atoms with E-state index in [4.69, 9.17) is 5.11 Å². The molecule has 3 heterocycles. The SMILES string of the molecule is [CH2-]Cc1sc(C(=O)NCc2ccc(-c3ccnc(Nc4cnn(CCO)c4)n3)cc2C)cc1[CH2-].[U+2]. The fourth-order valence-corrected chi connectivity index (χ4v) is 4.39. The van der Waals surface area contributed by atoms with Gasteiger partial charge in [0, 0.05) is 29.4 Å². The molecule has 0 bridgehead atoms. The number of aliphatic hydroxyl groups is 1. The van der Waals surface area contributed by atoms with Crippen LogP contribution < -0.4 is 10.6 Å². The Balaban J connectivity index is 0.00000342. The van der Waals surface area contributed by atoms with Crippen molar-refractivity contribution in [1.29, 1.82) is 0 Å². The van der Waals surface area contributed by atoms with Crippen LogP contribution in [0.4, 0.5) is 11.6 Å². The molecule has 0 aliphatic carbocycles. The van der Waals surface area contributed by atoms with Gasteiger partial charge in [-0.3, -0.25) is 9.48 Å².